The maximum Gasteiger partial charge on any atom is 0.303 e. The Morgan fingerprint density at radius 2 is 2.00 bits per heavy atom. The molecule has 0 aromatic rings. The lowest BCUT2D eigenvalue weighted by Gasteiger charge is -2.61. The molecule has 0 spiro atoms. The zero-order valence-electron chi connectivity index (χ0n) is 18.1. The van der Waals surface area contributed by atoms with Gasteiger partial charge in [-0.3, -0.25) is 14.4 Å². The number of halogens is 1. The van der Waals surface area contributed by atoms with Gasteiger partial charge < -0.3 is 9.84 Å². The van der Waals surface area contributed by atoms with E-state index < -0.39 is 34.5 Å². The van der Waals surface area contributed by atoms with Crippen LogP contribution < -0.4 is 0 Å². The lowest BCUT2D eigenvalue weighted by molar-refractivity contribution is -0.196. The predicted molar refractivity (Wildman–Crippen MR) is 108 cm³/mol. The zero-order chi connectivity index (χ0) is 22.1. The highest BCUT2D eigenvalue weighted by molar-refractivity contribution is 6.01. The fraction of sp³-hybridized carbons (Fsp3) is 0.708. The zero-order valence-corrected chi connectivity index (χ0v) is 18.1. The number of carbonyl (C=O) groups is 3. The first kappa shape index (κ1) is 21.4. The van der Waals surface area contributed by atoms with E-state index in [9.17, 15) is 19.5 Å². The van der Waals surface area contributed by atoms with E-state index in [1.165, 1.54) is 19.1 Å². The van der Waals surface area contributed by atoms with Crippen LogP contribution >= 0.6 is 0 Å². The van der Waals surface area contributed by atoms with Gasteiger partial charge in [0, 0.05) is 24.2 Å². The number of allylic oxidation sites excluding steroid dienone is 4. The molecule has 0 bridgehead atoms. The summed E-state index contributed by atoms with van der Waals surface area (Å²) in [6, 6.07) is 0. The minimum atomic E-state index is -1.88. The van der Waals surface area contributed by atoms with Crippen LogP contribution in [0.3, 0.4) is 0 Å². The lowest BCUT2D eigenvalue weighted by atomic mass is 9.45. The molecule has 0 aromatic heterocycles. The number of hydrogen-bond donors (Lipinski definition) is 1. The number of aliphatic hydroxyl groups excluding tert-OH is 1. The van der Waals surface area contributed by atoms with Crippen LogP contribution in [0, 0.1) is 34.5 Å². The van der Waals surface area contributed by atoms with E-state index in [4.69, 9.17) is 4.74 Å². The van der Waals surface area contributed by atoms with Gasteiger partial charge in [0.05, 0.1) is 6.10 Å². The summed E-state index contributed by atoms with van der Waals surface area (Å²) in [5.74, 6) is -1.60. The van der Waals surface area contributed by atoms with Crippen molar-refractivity contribution >= 4 is 17.5 Å². The summed E-state index contributed by atoms with van der Waals surface area (Å²) in [4.78, 5) is 36.1. The van der Waals surface area contributed by atoms with Crippen LogP contribution in [-0.2, 0) is 19.1 Å². The molecule has 3 saturated carbocycles. The minimum Gasteiger partial charge on any atom is -0.458 e. The van der Waals surface area contributed by atoms with Gasteiger partial charge in [-0.15, -0.1) is 0 Å². The van der Waals surface area contributed by atoms with E-state index in [2.05, 4.69) is 0 Å². The number of ether oxygens (including phenoxy) is 1. The van der Waals surface area contributed by atoms with Crippen molar-refractivity contribution in [3.63, 3.8) is 0 Å². The Kier molecular flexibility index (Phi) is 4.88. The van der Waals surface area contributed by atoms with Gasteiger partial charge in [-0.1, -0.05) is 25.5 Å². The Hall–Kier alpha value is -1.82. The number of carbonyl (C=O) groups excluding carboxylic acids is 3. The second-order valence-corrected chi connectivity index (χ2v) is 10.3. The van der Waals surface area contributed by atoms with Crippen molar-refractivity contribution in [1.82, 2.24) is 0 Å². The summed E-state index contributed by atoms with van der Waals surface area (Å²) < 4.78 is 21.9. The van der Waals surface area contributed by atoms with E-state index in [0.717, 1.165) is 5.57 Å². The molecule has 164 valence electrons. The Labute approximate surface area is 176 Å². The molecule has 4 aliphatic rings. The highest BCUT2D eigenvalue weighted by Gasteiger charge is 2.71. The number of rotatable bonds is 3. The van der Waals surface area contributed by atoms with Crippen molar-refractivity contribution in [3.05, 3.63) is 23.8 Å². The van der Waals surface area contributed by atoms with E-state index in [1.807, 2.05) is 13.8 Å². The SMILES string of the molecule is CC(=O)OCC(=O)C1C(C)CC2C3CCC4=CC(=O)C=CC4(C)C3(F)C(O)CC21C. The fourth-order valence-corrected chi connectivity index (χ4v) is 7.53. The molecule has 8 unspecified atom stereocenters. The molecule has 8 atom stereocenters. The molecule has 3 fully saturated rings. The number of ketones is 2. The van der Waals surface area contributed by atoms with Gasteiger partial charge in [-0.25, -0.2) is 4.39 Å². The molecule has 0 radical (unpaired) electrons. The molecular weight excluding hydrogens is 387 g/mol. The lowest BCUT2D eigenvalue weighted by Crippen LogP contribution is -2.66. The van der Waals surface area contributed by atoms with Crippen molar-refractivity contribution in [2.75, 3.05) is 6.61 Å². The van der Waals surface area contributed by atoms with Crippen molar-refractivity contribution in [2.24, 2.45) is 34.5 Å². The molecule has 1 N–H and O–H groups in total. The highest BCUT2D eigenvalue weighted by atomic mass is 19.1. The molecule has 6 heteroatoms. The third-order valence-corrected chi connectivity index (χ3v) is 8.75. The highest BCUT2D eigenvalue weighted by Crippen LogP contribution is 2.69. The van der Waals surface area contributed by atoms with Crippen molar-refractivity contribution in [1.29, 1.82) is 0 Å². The first-order valence-corrected chi connectivity index (χ1v) is 10.9. The number of fused-ring (bicyclic) bond motifs is 5. The number of Topliss-reactive ketones (excluding diaryl/α,β-unsaturated/α-hetero) is 1. The van der Waals surface area contributed by atoms with Crippen LogP contribution in [0.4, 0.5) is 4.39 Å². The summed E-state index contributed by atoms with van der Waals surface area (Å²) in [6.07, 6.45) is 5.38. The Morgan fingerprint density at radius 3 is 2.67 bits per heavy atom. The average Bonchev–Trinajstić information content (AvgIpc) is 2.91. The van der Waals surface area contributed by atoms with Crippen LogP contribution in [0.15, 0.2) is 23.8 Å². The standard InChI is InChI=1S/C24H31FO5/c1-13-9-18-17-6-5-15-10-16(27)7-8-23(15,4)24(17,25)20(29)11-22(18,3)21(13)19(28)12-30-14(2)26/h7-8,10,13,17-18,20-21,29H,5-6,9,11-12H2,1-4H3. The third kappa shape index (κ3) is 2.72. The van der Waals surface area contributed by atoms with Gasteiger partial charge in [0.1, 0.15) is 6.61 Å². The number of esters is 1. The van der Waals surface area contributed by atoms with Crippen molar-refractivity contribution in [3.8, 4) is 0 Å². The Balaban J connectivity index is 1.71. The topological polar surface area (TPSA) is 80.7 Å². The summed E-state index contributed by atoms with van der Waals surface area (Å²) in [5, 5.41) is 11.2. The normalized spacial score (nSPS) is 47.1. The number of aliphatic hydroxyl groups is 1. The Bertz CT molecular complexity index is 862. The van der Waals surface area contributed by atoms with E-state index >= 15 is 4.39 Å². The summed E-state index contributed by atoms with van der Waals surface area (Å²) in [6.45, 7) is 6.79. The second-order valence-electron chi connectivity index (χ2n) is 10.3. The van der Waals surface area contributed by atoms with Crippen LogP contribution in [0.5, 0.6) is 0 Å². The quantitative estimate of drug-likeness (QED) is 0.711. The molecule has 30 heavy (non-hydrogen) atoms. The maximum absolute atomic E-state index is 17.0. The largest absolute Gasteiger partial charge is 0.458 e. The number of hydrogen-bond acceptors (Lipinski definition) is 5. The fourth-order valence-electron chi connectivity index (χ4n) is 7.53. The second kappa shape index (κ2) is 6.84. The molecule has 4 aliphatic carbocycles. The predicted octanol–water partition coefficient (Wildman–Crippen LogP) is 3.35. The molecule has 0 aliphatic heterocycles. The van der Waals surface area contributed by atoms with Gasteiger partial charge in [0.2, 0.25) is 0 Å². The minimum absolute atomic E-state index is 0.0193. The molecule has 0 heterocycles. The van der Waals surface area contributed by atoms with Crippen LogP contribution in [0.2, 0.25) is 0 Å². The Morgan fingerprint density at radius 1 is 1.30 bits per heavy atom. The van der Waals surface area contributed by atoms with Gasteiger partial charge in [-0.05, 0) is 62.0 Å². The smallest absolute Gasteiger partial charge is 0.303 e. The van der Waals surface area contributed by atoms with Gasteiger partial charge in [0.25, 0.3) is 0 Å². The van der Waals surface area contributed by atoms with Crippen LogP contribution in [0.1, 0.15) is 53.4 Å². The molecule has 0 amide bonds. The van der Waals surface area contributed by atoms with Crippen LogP contribution in [0.25, 0.3) is 0 Å². The molecule has 0 saturated heterocycles. The molecular formula is C24H31FO5. The maximum atomic E-state index is 17.0. The monoisotopic (exact) mass is 418 g/mol. The molecule has 5 nitrogen and oxygen atoms in total. The van der Waals surface area contributed by atoms with Crippen LogP contribution in [-0.4, -0.2) is 41.0 Å². The number of alkyl halides is 1. The van der Waals surface area contributed by atoms with E-state index in [-0.39, 0.29) is 42.3 Å². The summed E-state index contributed by atoms with van der Waals surface area (Å²) >= 11 is 0. The first-order valence-electron chi connectivity index (χ1n) is 10.9. The first-order chi connectivity index (χ1) is 13.9. The molecule has 4 rings (SSSR count). The average molecular weight is 419 g/mol. The van der Waals surface area contributed by atoms with E-state index in [1.54, 1.807) is 13.0 Å². The summed E-state index contributed by atoms with van der Waals surface area (Å²) in [5.41, 5.74) is -2.70. The van der Waals surface area contributed by atoms with Gasteiger partial charge in [-0.2, -0.15) is 0 Å². The van der Waals surface area contributed by atoms with Crippen molar-refractivity contribution < 1.29 is 28.6 Å². The third-order valence-electron chi connectivity index (χ3n) is 8.75. The van der Waals surface area contributed by atoms with Gasteiger partial charge in [0.15, 0.2) is 17.2 Å². The van der Waals surface area contributed by atoms with E-state index in [0.29, 0.717) is 19.3 Å². The van der Waals surface area contributed by atoms with Gasteiger partial charge >= 0.3 is 5.97 Å². The van der Waals surface area contributed by atoms with Crippen molar-refractivity contribution in [2.45, 2.75) is 65.2 Å². The summed E-state index contributed by atoms with van der Waals surface area (Å²) in [7, 11) is 0. The molecule has 0 aromatic carbocycles.